The largest absolute Gasteiger partial charge is 0.295 e. The van der Waals surface area contributed by atoms with Crippen molar-refractivity contribution in [3.05, 3.63) is 56.5 Å². The van der Waals surface area contributed by atoms with Crippen molar-refractivity contribution in [3.8, 4) is 5.69 Å². The van der Waals surface area contributed by atoms with Gasteiger partial charge in [-0.1, -0.05) is 6.07 Å². The third kappa shape index (κ3) is 1.81. The number of H-pyrrole nitrogens is 1. The molecule has 92 valence electrons. The average Bonchev–Trinajstić information content (AvgIpc) is 3.13. The molecule has 1 N–H and O–H groups in total. The summed E-state index contributed by atoms with van der Waals surface area (Å²) in [6, 6.07) is 7.59. The fraction of sp³-hybridized carbons (Fsp3) is 0.250. The van der Waals surface area contributed by atoms with Crippen LogP contribution in [0.1, 0.15) is 24.5 Å². The highest BCUT2D eigenvalue weighted by atomic mass is 16.6. The first kappa shape index (κ1) is 10.8. The number of aromatic amines is 1. The highest BCUT2D eigenvalue weighted by Gasteiger charge is 2.26. The molecule has 0 amide bonds. The number of aromatic nitrogens is 2. The Morgan fingerprint density at radius 1 is 1.33 bits per heavy atom. The van der Waals surface area contributed by atoms with Gasteiger partial charge in [0.15, 0.2) is 0 Å². The number of rotatable bonds is 3. The first-order valence-corrected chi connectivity index (χ1v) is 5.72. The van der Waals surface area contributed by atoms with Crippen LogP contribution in [0.15, 0.2) is 35.1 Å². The molecule has 1 aromatic heterocycles. The van der Waals surface area contributed by atoms with Gasteiger partial charge in [-0.3, -0.25) is 20.0 Å². The molecule has 0 aliphatic heterocycles. The van der Waals surface area contributed by atoms with Gasteiger partial charge in [0.1, 0.15) is 0 Å². The summed E-state index contributed by atoms with van der Waals surface area (Å²) in [5, 5.41) is 13.7. The SMILES string of the molecule is O=c1cc(C2CC2)[nH]n1-c1cccc([N+](=O)[O-])c1. The van der Waals surface area contributed by atoms with Crippen LogP contribution < -0.4 is 5.56 Å². The Bertz CT molecular complexity index is 667. The van der Waals surface area contributed by atoms with Gasteiger partial charge in [0.2, 0.25) is 0 Å². The Morgan fingerprint density at radius 3 is 2.78 bits per heavy atom. The summed E-state index contributed by atoms with van der Waals surface area (Å²) < 4.78 is 1.35. The average molecular weight is 245 g/mol. The molecular formula is C12H11N3O3. The predicted octanol–water partition coefficient (Wildman–Crippen LogP) is 1.95. The van der Waals surface area contributed by atoms with E-state index in [-0.39, 0.29) is 11.2 Å². The lowest BCUT2D eigenvalue weighted by Crippen LogP contribution is -2.13. The summed E-state index contributed by atoms with van der Waals surface area (Å²) in [6.45, 7) is 0. The Hall–Kier alpha value is -2.37. The Morgan fingerprint density at radius 2 is 2.11 bits per heavy atom. The first-order valence-electron chi connectivity index (χ1n) is 5.72. The summed E-state index contributed by atoms with van der Waals surface area (Å²) in [5.41, 5.74) is 1.19. The molecule has 1 aliphatic rings. The van der Waals surface area contributed by atoms with E-state index in [1.807, 2.05) is 0 Å². The number of nitrogens with zero attached hydrogens (tertiary/aromatic N) is 2. The van der Waals surface area contributed by atoms with E-state index in [0.29, 0.717) is 11.6 Å². The molecule has 1 saturated carbocycles. The van der Waals surface area contributed by atoms with Gasteiger partial charge in [0, 0.05) is 29.8 Å². The lowest BCUT2D eigenvalue weighted by Gasteiger charge is -2.01. The molecule has 0 bridgehead atoms. The lowest BCUT2D eigenvalue weighted by molar-refractivity contribution is -0.384. The number of hydrogen-bond acceptors (Lipinski definition) is 3. The molecule has 3 rings (SSSR count). The van der Waals surface area contributed by atoms with Crippen molar-refractivity contribution in [3.63, 3.8) is 0 Å². The van der Waals surface area contributed by atoms with E-state index < -0.39 is 4.92 Å². The molecule has 1 heterocycles. The lowest BCUT2D eigenvalue weighted by atomic mass is 10.3. The van der Waals surface area contributed by atoms with Gasteiger partial charge in [-0.15, -0.1) is 0 Å². The van der Waals surface area contributed by atoms with Gasteiger partial charge in [0.25, 0.3) is 11.2 Å². The summed E-state index contributed by atoms with van der Waals surface area (Å²) in [5.74, 6) is 0.442. The van der Waals surface area contributed by atoms with Gasteiger partial charge >= 0.3 is 0 Å². The summed E-state index contributed by atoms with van der Waals surface area (Å²) >= 11 is 0. The maximum absolute atomic E-state index is 11.8. The molecule has 1 aromatic carbocycles. The summed E-state index contributed by atoms with van der Waals surface area (Å²) in [4.78, 5) is 22.0. The zero-order chi connectivity index (χ0) is 12.7. The Kier molecular flexibility index (Phi) is 2.29. The van der Waals surface area contributed by atoms with Crippen molar-refractivity contribution in [1.82, 2.24) is 9.78 Å². The minimum Gasteiger partial charge on any atom is -0.295 e. The van der Waals surface area contributed by atoms with Gasteiger partial charge in [-0.2, -0.15) is 0 Å². The maximum Gasteiger partial charge on any atom is 0.271 e. The van der Waals surface area contributed by atoms with Crippen molar-refractivity contribution in [2.75, 3.05) is 0 Å². The molecule has 2 aromatic rings. The van der Waals surface area contributed by atoms with Crippen LogP contribution in [0.3, 0.4) is 0 Å². The highest BCUT2D eigenvalue weighted by Crippen LogP contribution is 2.38. The van der Waals surface area contributed by atoms with Gasteiger partial charge < -0.3 is 0 Å². The van der Waals surface area contributed by atoms with Crippen LogP contribution in [0.25, 0.3) is 5.69 Å². The minimum absolute atomic E-state index is 0.0260. The van der Waals surface area contributed by atoms with E-state index in [9.17, 15) is 14.9 Å². The van der Waals surface area contributed by atoms with E-state index in [4.69, 9.17) is 0 Å². The van der Waals surface area contributed by atoms with E-state index in [0.717, 1.165) is 18.5 Å². The van der Waals surface area contributed by atoms with Crippen molar-refractivity contribution in [1.29, 1.82) is 0 Å². The van der Waals surface area contributed by atoms with Gasteiger partial charge in [-0.25, -0.2) is 4.68 Å². The molecule has 18 heavy (non-hydrogen) atoms. The monoisotopic (exact) mass is 245 g/mol. The number of non-ortho nitro benzene ring substituents is 1. The first-order chi connectivity index (χ1) is 8.65. The fourth-order valence-electron chi connectivity index (χ4n) is 1.95. The summed E-state index contributed by atoms with van der Waals surface area (Å²) in [7, 11) is 0. The molecule has 0 radical (unpaired) electrons. The fourth-order valence-corrected chi connectivity index (χ4v) is 1.95. The maximum atomic E-state index is 11.8. The van der Waals surface area contributed by atoms with Crippen molar-refractivity contribution in [2.24, 2.45) is 0 Å². The summed E-state index contributed by atoms with van der Waals surface area (Å²) in [6.07, 6.45) is 2.18. The molecule has 1 aliphatic carbocycles. The second-order valence-corrected chi connectivity index (χ2v) is 4.44. The number of nitrogens with one attached hydrogen (secondary N) is 1. The molecule has 6 heteroatoms. The molecular weight excluding hydrogens is 234 g/mol. The quantitative estimate of drug-likeness (QED) is 0.662. The van der Waals surface area contributed by atoms with Crippen molar-refractivity contribution >= 4 is 5.69 Å². The van der Waals surface area contributed by atoms with E-state index in [1.165, 1.54) is 16.8 Å². The standard InChI is InChI=1S/C12H11N3O3/c16-12-7-11(8-4-5-8)13-14(12)9-2-1-3-10(6-9)15(17)18/h1-3,6-8,13H,4-5H2. The molecule has 0 atom stereocenters. The van der Waals surface area contributed by atoms with Crippen LogP contribution in [0.5, 0.6) is 0 Å². The van der Waals surface area contributed by atoms with Crippen LogP contribution in [0.4, 0.5) is 5.69 Å². The van der Waals surface area contributed by atoms with E-state index in [1.54, 1.807) is 18.2 Å². The van der Waals surface area contributed by atoms with Gasteiger partial charge in [0.05, 0.1) is 10.6 Å². The number of nitro groups is 1. The molecule has 0 unspecified atom stereocenters. The van der Waals surface area contributed by atoms with Crippen LogP contribution >= 0.6 is 0 Å². The topological polar surface area (TPSA) is 80.9 Å². The third-order valence-corrected chi connectivity index (χ3v) is 3.06. The van der Waals surface area contributed by atoms with Crippen LogP contribution in [0.2, 0.25) is 0 Å². The molecule has 0 spiro atoms. The molecule has 0 saturated heterocycles. The van der Waals surface area contributed by atoms with Crippen LogP contribution in [-0.2, 0) is 0 Å². The zero-order valence-electron chi connectivity index (χ0n) is 9.50. The van der Waals surface area contributed by atoms with Gasteiger partial charge in [-0.05, 0) is 18.9 Å². The normalized spacial score (nSPS) is 14.7. The van der Waals surface area contributed by atoms with Crippen molar-refractivity contribution < 1.29 is 4.92 Å². The Balaban J connectivity index is 2.06. The minimum atomic E-state index is -0.473. The van der Waals surface area contributed by atoms with Crippen molar-refractivity contribution in [2.45, 2.75) is 18.8 Å². The van der Waals surface area contributed by atoms with Crippen LogP contribution in [-0.4, -0.2) is 14.7 Å². The molecule has 1 fully saturated rings. The number of nitro benzene ring substituents is 1. The van der Waals surface area contributed by atoms with Crippen LogP contribution in [0, 0.1) is 10.1 Å². The van der Waals surface area contributed by atoms with E-state index in [2.05, 4.69) is 5.10 Å². The zero-order valence-corrected chi connectivity index (χ0v) is 9.50. The Labute approximate surface area is 102 Å². The highest BCUT2D eigenvalue weighted by molar-refractivity contribution is 5.42. The third-order valence-electron chi connectivity index (χ3n) is 3.06. The second-order valence-electron chi connectivity index (χ2n) is 4.44. The number of benzene rings is 1. The predicted molar refractivity (Wildman–Crippen MR) is 65.0 cm³/mol. The smallest absolute Gasteiger partial charge is 0.271 e. The second kappa shape index (κ2) is 3.83. The molecule has 6 nitrogen and oxygen atoms in total. The van der Waals surface area contributed by atoms with E-state index >= 15 is 0 Å². The number of hydrogen-bond donors (Lipinski definition) is 1.